The average Bonchev–Trinajstić information content (AvgIpc) is 2.74. The van der Waals surface area contributed by atoms with Crippen molar-refractivity contribution in [3.05, 3.63) is 60.2 Å². The Balaban J connectivity index is 1.38. The molecule has 0 aliphatic heterocycles. The Morgan fingerprint density at radius 2 is 1.71 bits per heavy atom. The number of aromatic nitrogens is 1. The molecule has 0 unspecified atom stereocenters. The smallest absolute Gasteiger partial charge is 0.219 e. The van der Waals surface area contributed by atoms with Gasteiger partial charge in [-0.2, -0.15) is 0 Å². The van der Waals surface area contributed by atoms with E-state index in [4.69, 9.17) is 9.47 Å². The fourth-order valence-electron chi connectivity index (χ4n) is 3.73. The average molecular weight is 375 g/mol. The first kappa shape index (κ1) is 18.5. The Morgan fingerprint density at radius 3 is 2.50 bits per heavy atom. The number of hydrogen-bond acceptors (Lipinski definition) is 4. The number of carbonyl (C=O) groups excluding carboxylic acids is 1. The fraction of sp³-hybridized carbons (Fsp3) is 0.333. The van der Waals surface area contributed by atoms with Crippen LogP contribution in [0.5, 0.6) is 17.4 Å². The lowest BCUT2D eigenvalue weighted by Gasteiger charge is -2.21. The highest BCUT2D eigenvalue weighted by molar-refractivity contribution is 5.80. The monoisotopic (exact) mass is 375 g/mol. The number of aldehydes is 1. The van der Waals surface area contributed by atoms with E-state index in [1.54, 1.807) is 0 Å². The zero-order chi connectivity index (χ0) is 19.2. The van der Waals surface area contributed by atoms with Gasteiger partial charge in [0, 0.05) is 17.9 Å². The van der Waals surface area contributed by atoms with E-state index in [0.717, 1.165) is 40.9 Å². The minimum absolute atomic E-state index is 0.420. The Labute approximate surface area is 165 Å². The van der Waals surface area contributed by atoms with Gasteiger partial charge in [0.15, 0.2) is 0 Å². The molecule has 0 spiro atoms. The second-order valence-corrected chi connectivity index (χ2v) is 7.44. The number of benzene rings is 2. The summed E-state index contributed by atoms with van der Waals surface area (Å²) < 4.78 is 11.8. The van der Waals surface area contributed by atoms with Crippen LogP contribution in [0, 0.1) is 5.92 Å². The lowest BCUT2D eigenvalue weighted by molar-refractivity contribution is -0.107. The molecule has 28 heavy (non-hydrogen) atoms. The molecular formula is C24H25NO3. The van der Waals surface area contributed by atoms with Gasteiger partial charge in [-0.3, -0.25) is 0 Å². The van der Waals surface area contributed by atoms with Crippen molar-refractivity contribution in [2.45, 2.75) is 38.5 Å². The first-order chi connectivity index (χ1) is 13.8. The quantitative estimate of drug-likeness (QED) is 0.495. The van der Waals surface area contributed by atoms with Gasteiger partial charge >= 0.3 is 0 Å². The van der Waals surface area contributed by atoms with E-state index in [9.17, 15) is 4.79 Å². The lowest BCUT2D eigenvalue weighted by Crippen LogP contribution is -2.15. The Hall–Kier alpha value is -2.88. The zero-order valence-electron chi connectivity index (χ0n) is 16.0. The topological polar surface area (TPSA) is 48.4 Å². The number of rotatable bonds is 7. The van der Waals surface area contributed by atoms with Gasteiger partial charge in [0.2, 0.25) is 5.88 Å². The summed E-state index contributed by atoms with van der Waals surface area (Å²) in [5.41, 5.74) is 1.83. The predicted molar refractivity (Wildman–Crippen MR) is 110 cm³/mol. The number of nitrogens with zero attached hydrogens (tertiary/aromatic N) is 1. The van der Waals surface area contributed by atoms with Crippen molar-refractivity contribution in [1.82, 2.24) is 4.98 Å². The molecule has 0 bridgehead atoms. The Morgan fingerprint density at radius 1 is 0.929 bits per heavy atom. The summed E-state index contributed by atoms with van der Waals surface area (Å²) in [6.45, 7) is 0.804. The summed E-state index contributed by atoms with van der Waals surface area (Å²) in [6, 6.07) is 17.4. The highest BCUT2D eigenvalue weighted by atomic mass is 16.5. The van der Waals surface area contributed by atoms with Crippen LogP contribution in [-0.2, 0) is 11.2 Å². The number of fused-ring (bicyclic) bond motifs is 1. The van der Waals surface area contributed by atoms with Crippen molar-refractivity contribution in [3.63, 3.8) is 0 Å². The van der Waals surface area contributed by atoms with Crippen LogP contribution in [0.15, 0.2) is 54.6 Å². The summed E-state index contributed by atoms with van der Waals surface area (Å²) in [5.74, 6) is 2.85. The van der Waals surface area contributed by atoms with Crippen LogP contribution in [0.25, 0.3) is 10.9 Å². The molecule has 2 aromatic carbocycles. The zero-order valence-corrected chi connectivity index (χ0v) is 16.0. The SMILES string of the molecule is O=CCc1ccc2nc(Oc3ccc(OCC4CCCCC4)cc3)ccc2c1. The number of pyridine rings is 1. The third kappa shape index (κ3) is 4.69. The summed E-state index contributed by atoms with van der Waals surface area (Å²) >= 11 is 0. The van der Waals surface area contributed by atoms with Crippen molar-refractivity contribution in [2.75, 3.05) is 6.61 Å². The molecule has 0 radical (unpaired) electrons. The normalized spacial score (nSPS) is 14.7. The minimum atomic E-state index is 0.420. The van der Waals surface area contributed by atoms with Crippen LogP contribution < -0.4 is 9.47 Å². The largest absolute Gasteiger partial charge is 0.493 e. The maximum atomic E-state index is 10.7. The minimum Gasteiger partial charge on any atom is -0.493 e. The molecule has 1 heterocycles. The van der Waals surface area contributed by atoms with Crippen LogP contribution in [0.4, 0.5) is 0 Å². The Bertz CT molecular complexity index is 930. The molecule has 0 atom stereocenters. The summed E-state index contributed by atoms with van der Waals surface area (Å²) in [4.78, 5) is 15.2. The van der Waals surface area contributed by atoms with E-state index in [2.05, 4.69) is 4.98 Å². The molecule has 4 rings (SSSR count). The summed E-state index contributed by atoms with van der Waals surface area (Å²) in [5, 5.41) is 0.998. The molecule has 3 aromatic rings. The number of carbonyl (C=O) groups is 1. The van der Waals surface area contributed by atoms with Crippen molar-refractivity contribution < 1.29 is 14.3 Å². The third-order valence-corrected chi connectivity index (χ3v) is 5.30. The van der Waals surface area contributed by atoms with Crippen molar-refractivity contribution in [2.24, 2.45) is 5.92 Å². The second kappa shape index (κ2) is 8.87. The van der Waals surface area contributed by atoms with Gasteiger partial charge in [-0.05, 0) is 66.8 Å². The molecule has 0 amide bonds. The number of hydrogen-bond donors (Lipinski definition) is 0. The van der Waals surface area contributed by atoms with Crippen LogP contribution in [0.3, 0.4) is 0 Å². The standard InChI is InChI=1S/C24H25NO3/c26-15-14-18-6-12-23-20(16-18)7-13-24(25-23)28-22-10-8-21(9-11-22)27-17-19-4-2-1-3-5-19/h6-13,15-16,19H,1-5,14,17H2. The van der Waals surface area contributed by atoms with Gasteiger partial charge in [-0.1, -0.05) is 25.3 Å². The molecule has 1 aliphatic carbocycles. The number of ether oxygens (including phenoxy) is 2. The predicted octanol–water partition coefficient (Wildman–Crippen LogP) is 5.73. The first-order valence-corrected chi connectivity index (χ1v) is 10.0. The van der Waals surface area contributed by atoms with E-state index in [-0.39, 0.29) is 0 Å². The molecule has 1 saturated carbocycles. The molecule has 1 aromatic heterocycles. The first-order valence-electron chi connectivity index (χ1n) is 10.0. The van der Waals surface area contributed by atoms with E-state index in [1.165, 1.54) is 32.1 Å². The molecular weight excluding hydrogens is 350 g/mol. The highest BCUT2D eigenvalue weighted by Gasteiger charge is 2.14. The van der Waals surface area contributed by atoms with Gasteiger partial charge < -0.3 is 14.3 Å². The van der Waals surface area contributed by atoms with E-state index < -0.39 is 0 Å². The van der Waals surface area contributed by atoms with Gasteiger partial charge in [0.05, 0.1) is 12.1 Å². The van der Waals surface area contributed by atoms with E-state index >= 15 is 0 Å². The summed E-state index contributed by atoms with van der Waals surface area (Å²) in [7, 11) is 0. The van der Waals surface area contributed by atoms with Gasteiger partial charge in [-0.15, -0.1) is 0 Å². The molecule has 0 N–H and O–H groups in total. The van der Waals surface area contributed by atoms with Crippen LogP contribution in [0.2, 0.25) is 0 Å². The van der Waals surface area contributed by atoms with Gasteiger partial charge in [-0.25, -0.2) is 4.98 Å². The van der Waals surface area contributed by atoms with Crippen LogP contribution in [-0.4, -0.2) is 17.9 Å². The maximum absolute atomic E-state index is 10.7. The third-order valence-electron chi connectivity index (χ3n) is 5.30. The van der Waals surface area contributed by atoms with Crippen molar-refractivity contribution >= 4 is 17.2 Å². The van der Waals surface area contributed by atoms with Crippen LogP contribution in [0.1, 0.15) is 37.7 Å². The Kier molecular flexibility index (Phi) is 5.86. The van der Waals surface area contributed by atoms with Crippen LogP contribution >= 0.6 is 0 Å². The summed E-state index contributed by atoms with van der Waals surface area (Å²) in [6.07, 6.45) is 7.93. The molecule has 1 fully saturated rings. The fourth-order valence-corrected chi connectivity index (χ4v) is 3.73. The second-order valence-electron chi connectivity index (χ2n) is 7.44. The highest BCUT2D eigenvalue weighted by Crippen LogP contribution is 2.27. The maximum Gasteiger partial charge on any atom is 0.219 e. The van der Waals surface area contributed by atoms with Crippen molar-refractivity contribution in [3.8, 4) is 17.4 Å². The lowest BCUT2D eigenvalue weighted by atomic mass is 9.90. The van der Waals surface area contributed by atoms with Gasteiger partial charge in [0.25, 0.3) is 0 Å². The van der Waals surface area contributed by atoms with E-state index in [1.807, 2.05) is 54.6 Å². The van der Waals surface area contributed by atoms with Crippen molar-refractivity contribution in [1.29, 1.82) is 0 Å². The van der Waals surface area contributed by atoms with E-state index in [0.29, 0.717) is 18.2 Å². The molecule has 1 aliphatic rings. The molecule has 144 valence electrons. The molecule has 4 nitrogen and oxygen atoms in total. The molecule has 4 heteroatoms. The van der Waals surface area contributed by atoms with Gasteiger partial charge in [0.1, 0.15) is 17.8 Å². The molecule has 0 saturated heterocycles.